The Morgan fingerprint density at radius 2 is 1.96 bits per heavy atom. The van der Waals surface area contributed by atoms with Gasteiger partial charge in [0.25, 0.3) is 5.91 Å². The molecule has 0 bridgehead atoms. The molecule has 4 nitrogen and oxygen atoms in total. The van der Waals surface area contributed by atoms with Gasteiger partial charge in [0.2, 0.25) is 0 Å². The first-order valence-electron chi connectivity index (χ1n) is 7.60. The van der Waals surface area contributed by atoms with Crippen molar-refractivity contribution in [1.29, 1.82) is 0 Å². The molecule has 0 aromatic heterocycles. The fourth-order valence-electron chi connectivity index (χ4n) is 2.48. The zero-order valence-corrected chi connectivity index (χ0v) is 12.9. The van der Waals surface area contributed by atoms with Crippen molar-refractivity contribution >= 4 is 23.1 Å². The Morgan fingerprint density at radius 1 is 1.17 bits per heavy atom. The molecule has 1 aliphatic heterocycles. The van der Waals surface area contributed by atoms with Crippen LogP contribution >= 0.6 is 0 Å². The second-order valence-electron chi connectivity index (χ2n) is 5.55. The lowest BCUT2D eigenvalue weighted by molar-refractivity contribution is 0.102. The minimum absolute atomic E-state index is 0.259. The molecule has 0 spiro atoms. The SMILES string of the molecule is Cc1cc(NC(=O)c2ccc(F)cc2)ccc1NC1=NCCC1. The van der Waals surface area contributed by atoms with E-state index in [0.29, 0.717) is 11.3 Å². The van der Waals surface area contributed by atoms with Gasteiger partial charge in [0.1, 0.15) is 11.7 Å². The summed E-state index contributed by atoms with van der Waals surface area (Å²) in [5, 5.41) is 6.14. The highest BCUT2D eigenvalue weighted by molar-refractivity contribution is 6.04. The summed E-state index contributed by atoms with van der Waals surface area (Å²) in [7, 11) is 0. The number of carbonyl (C=O) groups is 1. The molecule has 1 amide bonds. The van der Waals surface area contributed by atoms with Crippen molar-refractivity contribution < 1.29 is 9.18 Å². The van der Waals surface area contributed by atoms with E-state index >= 15 is 0 Å². The average molecular weight is 311 g/mol. The number of carbonyl (C=O) groups excluding carboxylic acids is 1. The van der Waals surface area contributed by atoms with Crippen LogP contribution in [0.3, 0.4) is 0 Å². The Morgan fingerprint density at radius 3 is 2.61 bits per heavy atom. The Labute approximate surface area is 134 Å². The van der Waals surface area contributed by atoms with Gasteiger partial charge in [-0.15, -0.1) is 0 Å². The predicted molar refractivity (Wildman–Crippen MR) is 90.7 cm³/mol. The molecule has 0 fully saturated rings. The average Bonchev–Trinajstić information content (AvgIpc) is 3.04. The van der Waals surface area contributed by atoms with Gasteiger partial charge < -0.3 is 10.6 Å². The standard InChI is InChI=1S/C18H18FN3O/c1-12-11-15(8-9-16(12)22-17-3-2-10-20-17)21-18(23)13-4-6-14(19)7-5-13/h4-9,11H,2-3,10H2,1H3,(H,20,22)(H,21,23). The summed E-state index contributed by atoms with van der Waals surface area (Å²) in [5.74, 6) is 0.393. The second-order valence-corrected chi connectivity index (χ2v) is 5.55. The Balaban J connectivity index is 1.69. The Bertz CT molecular complexity index is 753. The van der Waals surface area contributed by atoms with Crippen LogP contribution in [0.25, 0.3) is 0 Å². The van der Waals surface area contributed by atoms with E-state index in [1.165, 1.54) is 24.3 Å². The minimum atomic E-state index is -0.359. The van der Waals surface area contributed by atoms with Gasteiger partial charge in [0.05, 0.1) is 0 Å². The monoisotopic (exact) mass is 311 g/mol. The number of nitrogens with one attached hydrogen (secondary N) is 2. The molecule has 0 saturated heterocycles. The Kier molecular flexibility index (Phi) is 4.37. The third kappa shape index (κ3) is 3.74. The van der Waals surface area contributed by atoms with Crippen molar-refractivity contribution in [2.75, 3.05) is 17.2 Å². The van der Waals surface area contributed by atoms with Crippen LogP contribution in [-0.4, -0.2) is 18.3 Å². The number of aliphatic imine (C=N–C) groups is 1. The van der Waals surface area contributed by atoms with Crippen LogP contribution in [0.1, 0.15) is 28.8 Å². The van der Waals surface area contributed by atoms with E-state index in [4.69, 9.17) is 0 Å². The lowest BCUT2D eigenvalue weighted by Gasteiger charge is -2.12. The molecule has 0 unspecified atom stereocenters. The summed E-state index contributed by atoms with van der Waals surface area (Å²) in [5.41, 5.74) is 3.14. The first kappa shape index (κ1) is 15.2. The highest BCUT2D eigenvalue weighted by atomic mass is 19.1. The fourth-order valence-corrected chi connectivity index (χ4v) is 2.48. The van der Waals surface area contributed by atoms with E-state index in [1.54, 1.807) is 0 Å². The number of amidine groups is 1. The van der Waals surface area contributed by atoms with E-state index in [0.717, 1.165) is 36.5 Å². The molecule has 0 aliphatic carbocycles. The number of nitrogens with zero attached hydrogens (tertiary/aromatic N) is 1. The number of aryl methyl sites for hydroxylation is 1. The van der Waals surface area contributed by atoms with Crippen molar-refractivity contribution in [2.24, 2.45) is 4.99 Å². The van der Waals surface area contributed by atoms with Crippen LogP contribution < -0.4 is 10.6 Å². The number of amides is 1. The molecule has 5 heteroatoms. The molecular weight excluding hydrogens is 293 g/mol. The normalized spacial score (nSPS) is 13.6. The maximum atomic E-state index is 12.9. The van der Waals surface area contributed by atoms with E-state index < -0.39 is 0 Å². The summed E-state index contributed by atoms with van der Waals surface area (Å²) >= 11 is 0. The van der Waals surface area contributed by atoms with Gasteiger partial charge in [-0.3, -0.25) is 9.79 Å². The molecule has 3 rings (SSSR count). The van der Waals surface area contributed by atoms with Crippen LogP contribution in [0.2, 0.25) is 0 Å². The van der Waals surface area contributed by atoms with E-state index in [1.807, 2.05) is 25.1 Å². The largest absolute Gasteiger partial charge is 0.344 e. The molecule has 0 saturated carbocycles. The minimum Gasteiger partial charge on any atom is -0.344 e. The van der Waals surface area contributed by atoms with E-state index in [9.17, 15) is 9.18 Å². The third-order valence-corrected chi connectivity index (χ3v) is 3.74. The zero-order chi connectivity index (χ0) is 16.2. The second kappa shape index (κ2) is 6.60. The maximum Gasteiger partial charge on any atom is 0.255 e. The van der Waals surface area contributed by atoms with E-state index in [-0.39, 0.29) is 11.7 Å². The zero-order valence-electron chi connectivity index (χ0n) is 12.9. The highest BCUT2D eigenvalue weighted by Crippen LogP contribution is 2.21. The molecule has 2 N–H and O–H groups in total. The molecular formula is C18H18FN3O. The van der Waals surface area contributed by atoms with Crippen molar-refractivity contribution in [1.82, 2.24) is 0 Å². The molecule has 118 valence electrons. The highest BCUT2D eigenvalue weighted by Gasteiger charge is 2.10. The maximum absolute atomic E-state index is 12.9. The van der Waals surface area contributed by atoms with Gasteiger partial charge in [-0.1, -0.05) is 0 Å². The number of hydrogen-bond donors (Lipinski definition) is 2. The van der Waals surface area contributed by atoms with Crippen LogP contribution in [0.5, 0.6) is 0 Å². The molecule has 2 aromatic carbocycles. The van der Waals surface area contributed by atoms with Crippen LogP contribution in [0.15, 0.2) is 47.5 Å². The Hall–Kier alpha value is -2.69. The molecule has 0 atom stereocenters. The first-order valence-corrected chi connectivity index (χ1v) is 7.60. The smallest absolute Gasteiger partial charge is 0.255 e. The van der Waals surface area contributed by atoms with Gasteiger partial charge >= 0.3 is 0 Å². The lowest BCUT2D eigenvalue weighted by atomic mass is 10.1. The van der Waals surface area contributed by atoms with Crippen LogP contribution in [0.4, 0.5) is 15.8 Å². The van der Waals surface area contributed by atoms with Crippen LogP contribution in [-0.2, 0) is 0 Å². The van der Waals surface area contributed by atoms with Gasteiger partial charge in [-0.05, 0) is 61.4 Å². The van der Waals surface area contributed by atoms with Gasteiger partial charge in [-0.2, -0.15) is 0 Å². The number of anilines is 2. The topological polar surface area (TPSA) is 53.5 Å². The first-order chi connectivity index (χ1) is 11.1. The quantitative estimate of drug-likeness (QED) is 0.900. The molecule has 0 radical (unpaired) electrons. The molecule has 2 aromatic rings. The van der Waals surface area contributed by atoms with Crippen molar-refractivity contribution in [2.45, 2.75) is 19.8 Å². The lowest BCUT2D eigenvalue weighted by Crippen LogP contribution is -2.13. The van der Waals surface area contributed by atoms with Crippen LogP contribution in [0, 0.1) is 12.7 Å². The molecule has 1 heterocycles. The number of benzene rings is 2. The van der Waals surface area contributed by atoms with Gasteiger partial charge in [-0.25, -0.2) is 4.39 Å². The number of halogens is 1. The summed E-state index contributed by atoms with van der Waals surface area (Å²) in [6.45, 7) is 2.86. The van der Waals surface area contributed by atoms with Crippen molar-refractivity contribution in [3.63, 3.8) is 0 Å². The van der Waals surface area contributed by atoms with E-state index in [2.05, 4.69) is 15.6 Å². The summed E-state index contributed by atoms with van der Waals surface area (Å²) < 4.78 is 12.9. The summed E-state index contributed by atoms with van der Waals surface area (Å²) in [6, 6.07) is 11.1. The fraction of sp³-hybridized carbons (Fsp3) is 0.222. The summed E-state index contributed by atoms with van der Waals surface area (Å²) in [4.78, 5) is 16.5. The van der Waals surface area contributed by atoms with Crippen molar-refractivity contribution in [3.05, 3.63) is 59.4 Å². The molecule has 1 aliphatic rings. The number of rotatable bonds is 3. The summed E-state index contributed by atoms with van der Waals surface area (Å²) in [6.07, 6.45) is 2.07. The third-order valence-electron chi connectivity index (χ3n) is 3.74. The molecule has 23 heavy (non-hydrogen) atoms. The predicted octanol–water partition coefficient (Wildman–Crippen LogP) is 3.99. The van der Waals surface area contributed by atoms with Crippen molar-refractivity contribution in [3.8, 4) is 0 Å². The number of hydrogen-bond acceptors (Lipinski definition) is 3. The van der Waals surface area contributed by atoms with Gasteiger partial charge in [0, 0.05) is 29.9 Å². The van der Waals surface area contributed by atoms with Gasteiger partial charge in [0.15, 0.2) is 0 Å².